The van der Waals surface area contributed by atoms with E-state index in [0.29, 0.717) is 28.0 Å². The van der Waals surface area contributed by atoms with Gasteiger partial charge in [-0.15, -0.1) is 0 Å². The Hall–Kier alpha value is -3.86. The topological polar surface area (TPSA) is 68.5 Å². The Morgan fingerprint density at radius 1 is 0.935 bits per heavy atom. The van der Waals surface area contributed by atoms with Crippen molar-refractivity contribution in [3.05, 3.63) is 94.1 Å². The van der Waals surface area contributed by atoms with Gasteiger partial charge in [-0.25, -0.2) is 0 Å². The predicted molar refractivity (Wildman–Crippen MR) is 123 cm³/mol. The second kappa shape index (κ2) is 8.48. The molecular formula is C26H23NO4. The summed E-state index contributed by atoms with van der Waals surface area (Å²) in [5.74, 6) is 0.998. The Bertz CT molecular complexity index is 1290. The summed E-state index contributed by atoms with van der Waals surface area (Å²) in [6, 6.07) is 21.2. The molecule has 0 fully saturated rings. The van der Waals surface area contributed by atoms with Crippen molar-refractivity contribution in [3.8, 4) is 17.1 Å². The van der Waals surface area contributed by atoms with Crippen molar-refractivity contribution in [1.29, 1.82) is 0 Å². The second-order valence-electron chi connectivity index (χ2n) is 7.70. The number of carbonyl (C=O) groups excluding carboxylic acids is 1. The molecule has 0 saturated carbocycles. The first-order chi connectivity index (χ1) is 14.9. The fourth-order valence-electron chi connectivity index (χ4n) is 3.29. The molecular weight excluding hydrogens is 390 g/mol. The van der Waals surface area contributed by atoms with Crippen LogP contribution in [-0.2, 0) is 0 Å². The zero-order valence-corrected chi connectivity index (χ0v) is 17.6. The number of aryl methyl sites for hydroxylation is 1. The molecule has 156 valence electrons. The van der Waals surface area contributed by atoms with Gasteiger partial charge < -0.3 is 14.5 Å². The second-order valence-corrected chi connectivity index (χ2v) is 7.70. The minimum atomic E-state index is -0.223. The van der Waals surface area contributed by atoms with E-state index >= 15 is 0 Å². The molecule has 4 aromatic rings. The van der Waals surface area contributed by atoms with E-state index in [1.54, 1.807) is 42.5 Å². The number of anilines is 1. The van der Waals surface area contributed by atoms with Gasteiger partial charge in [0.25, 0.3) is 5.91 Å². The Morgan fingerprint density at radius 3 is 2.32 bits per heavy atom. The largest absolute Gasteiger partial charge is 0.491 e. The maximum atomic E-state index is 12.6. The Labute approximate surface area is 180 Å². The molecule has 4 rings (SSSR count). The Kier molecular flexibility index (Phi) is 5.58. The van der Waals surface area contributed by atoms with E-state index in [0.717, 1.165) is 16.9 Å². The van der Waals surface area contributed by atoms with Gasteiger partial charge in [-0.1, -0.05) is 23.8 Å². The third-order valence-corrected chi connectivity index (χ3v) is 4.80. The molecule has 0 bridgehead atoms. The van der Waals surface area contributed by atoms with E-state index in [9.17, 15) is 9.59 Å². The van der Waals surface area contributed by atoms with Gasteiger partial charge in [0.1, 0.15) is 17.1 Å². The first-order valence-electron chi connectivity index (χ1n) is 10.1. The van der Waals surface area contributed by atoms with Crippen LogP contribution in [0, 0.1) is 6.92 Å². The zero-order valence-electron chi connectivity index (χ0n) is 17.6. The lowest BCUT2D eigenvalue weighted by atomic mass is 10.1. The number of nitrogens with one attached hydrogen (secondary N) is 1. The highest BCUT2D eigenvalue weighted by Crippen LogP contribution is 2.24. The molecule has 31 heavy (non-hydrogen) atoms. The van der Waals surface area contributed by atoms with Gasteiger partial charge in [0, 0.05) is 22.9 Å². The number of hydrogen-bond acceptors (Lipinski definition) is 4. The summed E-state index contributed by atoms with van der Waals surface area (Å²) in [5.41, 5.74) is 3.37. The van der Waals surface area contributed by atoms with E-state index < -0.39 is 0 Å². The first-order valence-corrected chi connectivity index (χ1v) is 10.1. The highest BCUT2D eigenvalue weighted by Gasteiger charge is 2.10. The number of benzene rings is 3. The predicted octanol–water partition coefficient (Wildman–Crippen LogP) is 5.81. The number of amides is 1. The molecule has 0 aliphatic heterocycles. The van der Waals surface area contributed by atoms with Crippen LogP contribution >= 0.6 is 0 Å². The van der Waals surface area contributed by atoms with Crippen molar-refractivity contribution in [2.45, 2.75) is 26.9 Å². The lowest BCUT2D eigenvalue weighted by molar-refractivity contribution is 0.102. The van der Waals surface area contributed by atoms with Crippen LogP contribution in [0.5, 0.6) is 5.75 Å². The SMILES string of the molecule is Cc1ccc2oc(-c3ccc(C(=O)Nc4ccc(OC(C)C)cc4)cc3)cc(=O)c2c1. The van der Waals surface area contributed by atoms with Crippen molar-refractivity contribution < 1.29 is 13.9 Å². The molecule has 0 spiro atoms. The maximum absolute atomic E-state index is 12.6. The van der Waals surface area contributed by atoms with E-state index in [4.69, 9.17) is 9.15 Å². The standard InChI is InChI=1S/C26H23NO4/c1-16(2)30-21-11-9-20(10-12-21)27-26(29)19-7-5-18(6-8-19)25-15-23(28)22-14-17(3)4-13-24(22)31-25/h4-16H,1-3H3,(H,27,29). The molecule has 0 aliphatic rings. The van der Waals surface area contributed by atoms with Gasteiger partial charge in [0.05, 0.1) is 11.5 Å². The van der Waals surface area contributed by atoms with Crippen molar-refractivity contribution in [2.75, 3.05) is 5.32 Å². The van der Waals surface area contributed by atoms with Crippen LogP contribution in [0.3, 0.4) is 0 Å². The molecule has 0 atom stereocenters. The van der Waals surface area contributed by atoms with Gasteiger partial charge in [0.2, 0.25) is 0 Å². The van der Waals surface area contributed by atoms with Crippen LogP contribution in [-0.4, -0.2) is 12.0 Å². The molecule has 0 unspecified atom stereocenters. The van der Waals surface area contributed by atoms with E-state index in [-0.39, 0.29) is 17.4 Å². The summed E-state index contributed by atoms with van der Waals surface area (Å²) in [7, 11) is 0. The van der Waals surface area contributed by atoms with E-state index in [1.165, 1.54) is 6.07 Å². The molecule has 1 N–H and O–H groups in total. The van der Waals surface area contributed by atoms with Crippen LogP contribution < -0.4 is 15.5 Å². The number of fused-ring (bicyclic) bond motifs is 1. The number of rotatable bonds is 5. The molecule has 1 heterocycles. The van der Waals surface area contributed by atoms with Crippen LogP contribution in [0.2, 0.25) is 0 Å². The maximum Gasteiger partial charge on any atom is 0.255 e. The number of ether oxygens (including phenoxy) is 1. The molecule has 0 radical (unpaired) electrons. The van der Waals surface area contributed by atoms with Gasteiger partial charge >= 0.3 is 0 Å². The zero-order chi connectivity index (χ0) is 22.0. The third-order valence-electron chi connectivity index (χ3n) is 4.80. The van der Waals surface area contributed by atoms with Gasteiger partial charge in [-0.3, -0.25) is 9.59 Å². The summed E-state index contributed by atoms with van der Waals surface area (Å²) in [4.78, 5) is 25.0. The van der Waals surface area contributed by atoms with Crippen molar-refractivity contribution in [1.82, 2.24) is 0 Å². The summed E-state index contributed by atoms with van der Waals surface area (Å²) in [6.07, 6.45) is 0.0927. The molecule has 3 aromatic carbocycles. The van der Waals surface area contributed by atoms with Crippen LogP contribution in [0.4, 0.5) is 5.69 Å². The summed E-state index contributed by atoms with van der Waals surface area (Å²) in [5, 5.41) is 3.43. The van der Waals surface area contributed by atoms with Crippen LogP contribution in [0.15, 0.2) is 82.0 Å². The number of carbonyl (C=O) groups is 1. The summed E-state index contributed by atoms with van der Waals surface area (Å²) in [6.45, 7) is 5.86. The molecule has 5 heteroatoms. The summed E-state index contributed by atoms with van der Waals surface area (Å²) < 4.78 is 11.5. The lowest BCUT2D eigenvalue weighted by Gasteiger charge is -2.11. The highest BCUT2D eigenvalue weighted by molar-refractivity contribution is 6.04. The Balaban J connectivity index is 1.51. The molecule has 0 saturated heterocycles. The summed E-state index contributed by atoms with van der Waals surface area (Å²) >= 11 is 0. The van der Waals surface area contributed by atoms with Gasteiger partial charge in [0.15, 0.2) is 5.43 Å². The van der Waals surface area contributed by atoms with Crippen molar-refractivity contribution in [2.24, 2.45) is 0 Å². The smallest absolute Gasteiger partial charge is 0.255 e. The van der Waals surface area contributed by atoms with E-state index in [1.807, 2.05) is 45.0 Å². The minimum Gasteiger partial charge on any atom is -0.491 e. The number of hydrogen-bond donors (Lipinski definition) is 1. The third kappa shape index (κ3) is 4.67. The average Bonchev–Trinajstić information content (AvgIpc) is 2.75. The first kappa shape index (κ1) is 20.4. The van der Waals surface area contributed by atoms with Crippen LogP contribution in [0.1, 0.15) is 29.8 Å². The van der Waals surface area contributed by atoms with Crippen molar-refractivity contribution in [3.63, 3.8) is 0 Å². The van der Waals surface area contributed by atoms with Crippen molar-refractivity contribution >= 4 is 22.6 Å². The molecule has 5 nitrogen and oxygen atoms in total. The van der Waals surface area contributed by atoms with E-state index in [2.05, 4.69) is 5.32 Å². The monoisotopic (exact) mass is 413 g/mol. The normalized spacial score (nSPS) is 11.0. The van der Waals surface area contributed by atoms with Gasteiger partial charge in [-0.2, -0.15) is 0 Å². The van der Waals surface area contributed by atoms with Gasteiger partial charge in [-0.05, 0) is 69.3 Å². The molecule has 1 aromatic heterocycles. The quantitative estimate of drug-likeness (QED) is 0.448. The fourth-order valence-corrected chi connectivity index (χ4v) is 3.29. The molecule has 0 aliphatic carbocycles. The molecule has 1 amide bonds. The minimum absolute atomic E-state index is 0.0911. The highest BCUT2D eigenvalue weighted by atomic mass is 16.5. The Morgan fingerprint density at radius 2 is 1.65 bits per heavy atom. The average molecular weight is 413 g/mol. The fraction of sp³-hybridized carbons (Fsp3) is 0.154. The lowest BCUT2D eigenvalue weighted by Crippen LogP contribution is -2.12. The van der Waals surface area contributed by atoms with Crippen LogP contribution in [0.25, 0.3) is 22.3 Å².